The molecule has 50 valence electrons. The minimum Gasteiger partial charge on any atom is -0.390 e. The van der Waals surface area contributed by atoms with Gasteiger partial charge in [0.05, 0.1) is 12.2 Å². The van der Waals surface area contributed by atoms with E-state index >= 15 is 0 Å². The van der Waals surface area contributed by atoms with Gasteiger partial charge in [0.1, 0.15) is 0 Å². The van der Waals surface area contributed by atoms with Gasteiger partial charge in [-0.3, -0.25) is 0 Å². The van der Waals surface area contributed by atoms with Crippen LogP contribution in [0.15, 0.2) is 0 Å². The number of aliphatic hydroxyl groups is 2. The number of rotatable bonds is 3. The summed E-state index contributed by atoms with van der Waals surface area (Å²) in [5.41, 5.74) is 0. The molecule has 2 N–H and O–H groups in total. The minimum atomic E-state index is -0.549. The van der Waals surface area contributed by atoms with Crippen LogP contribution in [-0.4, -0.2) is 31.3 Å². The average molecular weight is 342 g/mol. The van der Waals surface area contributed by atoms with Crippen molar-refractivity contribution in [1.29, 1.82) is 0 Å². The van der Waals surface area contributed by atoms with E-state index in [9.17, 15) is 0 Å². The van der Waals surface area contributed by atoms with Crippen molar-refractivity contribution in [2.24, 2.45) is 0 Å². The van der Waals surface area contributed by atoms with Crippen molar-refractivity contribution in [3.8, 4) is 0 Å². The molecule has 0 amide bonds. The van der Waals surface area contributed by atoms with Crippen LogP contribution in [0, 0.1) is 0 Å². The molecule has 0 unspecified atom stereocenters. The van der Waals surface area contributed by atoms with Gasteiger partial charge in [-0.25, -0.2) is 0 Å². The van der Waals surface area contributed by atoms with Crippen molar-refractivity contribution in [3.63, 3.8) is 0 Å². The van der Waals surface area contributed by atoms with Crippen LogP contribution >= 0.6 is 45.2 Å². The van der Waals surface area contributed by atoms with Crippen molar-refractivity contribution >= 4 is 45.2 Å². The fraction of sp³-hybridized carbons (Fsp3) is 1.00. The lowest BCUT2D eigenvalue weighted by Crippen LogP contribution is -2.28. The van der Waals surface area contributed by atoms with Crippen LogP contribution < -0.4 is 0 Å². The summed E-state index contributed by atoms with van der Waals surface area (Å²) in [6.07, 6.45) is -1.10. The molecule has 0 bridgehead atoms. The molecule has 0 aromatic heterocycles. The van der Waals surface area contributed by atoms with Gasteiger partial charge in [0, 0.05) is 8.86 Å². The fourth-order valence-electron chi connectivity index (χ4n) is 0.206. The first kappa shape index (κ1) is 9.38. The normalized spacial score (nSPS) is 18.0. The number of halogens is 2. The van der Waals surface area contributed by atoms with E-state index in [4.69, 9.17) is 10.2 Å². The quantitative estimate of drug-likeness (QED) is 0.582. The average Bonchev–Trinajstić information content (AvgIpc) is 1.84. The molecule has 0 aliphatic carbocycles. The summed E-state index contributed by atoms with van der Waals surface area (Å²) < 4.78 is 1.20. The Labute approximate surface area is 75.9 Å². The Bertz CT molecular complexity index is 52.0. The molecule has 0 spiro atoms. The third-order valence-electron chi connectivity index (χ3n) is 0.760. The molecule has 2 nitrogen and oxygen atoms in total. The highest BCUT2D eigenvalue weighted by molar-refractivity contribution is 14.1. The summed E-state index contributed by atoms with van der Waals surface area (Å²) in [5.74, 6) is 0. The molecule has 0 saturated carbocycles. The number of hydrogen-bond acceptors (Lipinski definition) is 2. The molecule has 0 aliphatic rings. The second kappa shape index (κ2) is 5.19. The molecule has 0 saturated heterocycles. The Hall–Kier alpha value is 1.38. The fourth-order valence-corrected chi connectivity index (χ4v) is 1.38. The lowest BCUT2D eigenvalue weighted by atomic mass is 10.3. The van der Waals surface area contributed by atoms with E-state index in [-0.39, 0.29) is 0 Å². The standard InChI is InChI=1S/C4H8I2O2/c5-1-3(7)4(8)2-6/h3-4,7-8H,1-2H2/t3-,4+. The van der Waals surface area contributed by atoms with Gasteiger partial charge in [-0.2, -0.15) is 0 Å². The highest BCUT2D eigenvalue weighted by atomic mass is 127. The monoisotopic (exact) mass is 342 g/mol. The Morgan fingerprint density at radius 2 is 1.25 bits per heavy atom. The highest BCUT2D eigenvalue weighted by Gasteiger charge is 2.11. The molecule has 4 heteroatoms. The summed E-state index contributed by atoms with van der Waals surface area (Å²) in [7, 11) is 0. The molecule has 0 rings (SSSR count). The maximum Gasteiger partial charge on any atom is 0.0895 e. The Morgan fingerprint density at radius 3 is 1.38 bits per heavy atom. The van der Waals surface area contributed by atoms with E-state index < -0.39 is 12.2 Å². The van der Waals surface area contributed by atoms with E-state index in [0.717, 1.165) is 0 Å². The summed E-state index contributed by atoms with van der Waals surface area (Å²) in [5, 5.41) is 17.7. The van der Waals surface area contributed by atoms with E-state index in [0.29, 0.717) is 8.86 Å². The van der Waals surface area contributed by atoms with Crippen molar-refractivity contribution < 1.29 is 10.2 Å². The molecule has 0 aromatic rings. The third-order valence-corrected chi connectivity index (χ3v) is 2.57. The first-order valence-corrected chi connectivity index (χ1v) is 5.25. The molecule has 0 aromatic carbocycles. The maximum atomic E-state index is 8.86. The second-order valence-corrected chi connectivity index (χ2v) is 3.20. The van der Waals surface area contributed by atoms with Crippen LogP contribution in [0.5, 0.6) is 0 Å². The Morgan fingerprint density at radius 1 is 1.00 bits per heavy atom. The van der Waals surface area contributed by atoms with Crippen molar-refractivity contribution in [2.45, 2.75) is 12.2 Å². The maximum absolute atomic E-state index is 8.86. The zero-order chi connectivity index (χ0) is 6.57. The van der Waals surface area contributed by atoms with Gasteiger partial charge in [0.25, 0.3) is 0 Å². The second-order valence-electron chi connectivity index (χ2n) is 1.44. The highest BCUT2D eigenvalue weighted by Crippen LogP contribution is 2.00. The van der Waals surface area contributed by atoms with Crippen LogP contribution in [-0.2, 0) is 0 Å². The first-order valence-electron chi connectivity index (χ1n) is 2.20. The first-order chi connectivity index (χ1) is 3.72. The summed E-state index contributed by atoms with van der Waals surface area (Å²) >= 11 is 4.08. The summed E-state index contributed by atoms with van der Waals surface area (Å²) in [6.45, 7) is 0. The van der Waals surface area contributed by atoms with Crippen molar-refractivity contribution in [2.75, 3.05) is 8.86 Å². The van der Waals surface area contributed by atoms with Crippen LogP contribution in [0.25, 0.3) is 0 Å². The molecule has 0 aliphatic heterocycles. The predicted molar refractivity (Wildman–Crippen MR) is 49.8 cm³/mol. The summed E-state index contributed by atoms with van der Waals surface area (Å²) in [6, 6.07) is 0. The lowest BCUT2D eigenvalue weighted by Gasteiger charge is -2.10. The van der Waals surface area contributed by atoms with E-state index in [1.165, 1.54) is 0 Å². The molecular weight excluding hydrogens is 334 g/mol. The van der Waals surface area contributed by atoms with Crippen molar-refractivity contribution in [1.82, 2.24) is 0 Å². The SMILES string of the molecule is O[C@H](CI)[C@@H](O)CI. The van der Waals surface area contributed by atoms with E-state index in [1.807, 2.05) is 45.2 Å². The van der Waals surface area contributed by atoms with Crippen LogP contribution in [0.3, 0.4) is 0 Å². The molecule has 0 fully saturated rings. The van der Waals surface area contributed by atoms with E-state index in [2.05, 4.69) is 0 Å². The number of alkyl halides is 2. The molecule has 0 radical (unpaired) electrons. The van der Waals surface area contributed by atoms with Gasteiger partial charge in [-0.15, -0.1) is 0 Å². The minimum absolute atomic E-state index is 0.549. The smallest absolute Gasteiger partial charge is 0.0895 e. The topological polar surface area (TPSA) is 40.5 Å². The van der Waals surface area contributed by atoms with Gasteiger partial charge in [0.15, 0.2) is 0 Å². The van der Waals surface area contributed by atoms with Crippen LogP contribution in [0.4, 0.5) is 0 Å². The van der Waals surface area contributed by atoms with Gasteiger partial charge >= 0.3 is 0 Å². The molecule has 8 heavy (non-hydrogen) atoms. The zero-order valence-electron chi connectivity index (χ0n) is 4.22. The zero-order valence-corrected chi connectivity index (χ0v) is 8.53. The van der Waals surface area contributed by atoms with Gasteiger partial charge < -0.3 is 10.2 Å². The third kappa shape index (κ3) is 3.41. The van der Waals surface area contributed by atoms with Gasteiger partial charge in [0.2, 0.25) is 0 Å². The summed E-state index contributed by atoms with van der Waals surface area (Å²) in [4.78, 5) is 0. The van der Waals surface area contributed by atoms with Crippen LogP contribution in [0.1, 0.15) is 0 Å². The molecular formula is C4H8I2O2. The lowest BCUT2D eigenvalue weighted by molar-refractivity contribution is 0.0536. The number of aliphatic hydroxyl groups excluding tert-OH is 2. The Balaban J connectivity index is 3.29. The number of hydrogen-bond donors (Lipinski definition) is 2. The Kier molecular flexibility index (Phi) is 6.08. The van der Waals surface area contributed by atoms with Gasteiger partial charge in [-0.1, -0.05) is 45.2 Å². The largest absolute Gasteiger partial charge is 0.390 e. The van der Waals surface area contributed by atoms with Gasteiger partial charge in [-0.05, 0) is 0 Å². The predicted octanol–water partition coefficient (Wildman–Crippen LogP) is 0.578. The van der Waals surface area contributed by atoms with E-state index in [1.54, 1.807) is 0 Å². The molecule has 2 atom stereocenters. The molecule has 0 heterocycles. The van der Waals surface area contributed by atoms with Crippen molar-refractivity contribution in [3.05, 3.63) is 0 Å². The van der Waals surface area contributed by atoms with Crippen LogP contribution in [0.2, 0.25) is 0 Å².